The second-order valence-electron chi connectivity index (χ2n) is 6.17. The van der Waals surface area contributed by atoms with Crippen molar-refractivity contribution in [2.24, 2.45) is 0 Å². The highest BCUT2D eigenvalue weighted by molar-refractivity contribution is 6.30. The molecule has 1 aromatic rings. The highest BCUT2D eigenvalue weighted by Gasteiger charge is 2.21. The van der Waals surface area contributed by atoms with Crippen LogP contribution in [0.3, 0.4) is 0 Å². The normalized spacial score (nSPS) is 17.0. The van der Waals surface area contributed by atoms with Crippen molar-refractivity contribution in [3.05, 3.63) is 34.9 Å². The standard InChI is InChI=1S/C18H28ClNO2.ClH/c1-2-20(17-6-4-3-5-7-17)12-18(21)14-22-13-15-8-10-16(19)11-9-15;/h8-11,17-18,21H,2-7,12-14H2,1H3;1H/p-1. The third kappa shape index (κ3) is 7.40. The molecule has 0 aromatic heterocycles. The molecule has 1 aliphatic rings. The molecule has 1 saturated carbocycles. The zero-order valence-electron chi connectivity index (χ0n) is 13.9. The zero-order chi connectivity index (χ0) is 15.8. The highest BCUT2D eigenvalue weighted by atomic mass is 35.5. The summed E-state index contributed by atoms with van der Waals surface area (Å²) in [4.78, 5) is 2.41. The largest absolute Gasteiger partial charge is 1.00 e. The smallest absolute Gasteiger partial charge is 0.0900 e. The molecule has 2 rings (SSSR count). The molecule has 1 atom stereocenters. The van der Waals surface area contributed by atoms with Crippen LogP contribution < -0.4 is 12.4 Å². The molecule has 132 valence electrons. The predicted octanol–water partition coefficient (Wildman–Crippen LogP) is 0.876. The molecule has 1 N–H and O–H groups in total. The summed E-state index contributed by atoms with van der Waals surface area (Å²) in [6, 6.07) is 8.27. The average Bonchev–Trinajstić information content (AvgIpc) is 2.55. The highest BCUT2D eigenvalue weighted by Crippen LogP contribution is 2.22. The van der Waals surface area contributed by atoms with Crippen LogP contribution in [0.1, 0.15) is 44.6 Å². The Morgan fingerprint density at radius 3 is 2.48 bits per heavy atom. The van der Waals surface area contributed by atoms with Gasteiger partial charge in [0, 0.05) is 17.6 Å². The van der Waals surface area contributed by atoms with Crippen LogP contribution in [0.15, 0.2) is 24.3 Å². The maximum absolute atomic E-state index is 10.2. The topological polar surface area (TPSA) is 32.7 Å². The Bertz CT molecular complexity index is 422. The molecule has 3 nitrogen and oxygen atoms in total. The molecule has 5 heteroatoms. The van der Waals surface area contributed by atoms with E-state index in [1.165, 1.54) is 32.1 Å². The van der Waals surface area contributed by atoms with E-state index in [0.717, 1.165) is 17.1 Å². The molecule has 1 unspecified atom stereocenters. The van der Waals surface area contributed by atoms with E-state index < -0.39 is 6.10 Å². The molecule has 1 aromatic carbocycles. The Morgan fingerprint density at radius 1 is 1.22 bits per heavy atom. The van der Waals surface area contributed by atoms with E-state index in [2.05, 4.69) is 11.8 Å². The van der Waals surface area contributed by atoms with E-state index in [1.54, 1.807) is 0 Å². The first-order valence-electron chi connectivity index (χ1n) is 8.43. The van der Waals surface area contributed by atoms with Gasteiger partial charge in [-0.3, -0.25) is 4.90 Å². The number of halogens is 2. The summed E-state index contributed by atoms with van der Waals surface area (Å²) in [6.45, 7) is 4.78. The monoisotopic (exact) mass is 360 g/mol. The summed E-state index contributed by atoms with van der Waals surface area (Å²) in [5.74, 6) is 0. The van der Waals surface area contributed by atoms with Crippen LogP contribution in [0.2, 0.25) is 5.02 Å². The van der Waals surface area contributed by atoms with Gasteiger partial charge in [-0.2, -0.15) is 0 Å². The number of nitrogens with zero attached hydrogens (tertiary/aromatic N) is 1. The lowest BCUT2D eigenvalue weighted by molar-refractivity contribution is -0.000137. The van der Waals surface area contributed by atoms with Crippen molar-refractivity contribution < 1.29 is 22.3 Å². The van der Waals surface area contributed by atoms with Crippen molar-refractivity contribution in [2.75, 3.05) is 19.7 Å². The van der Waals surface area contributed by atoms with Crippen LogP contribution in [0.5, 0.6) is 0 Å². The Labute approximate surface area is 151 Å². The van der Waals surface area contributed by atoms with Gasteiger partial charge < -0.3 is 22.3 Å². The Hall–Kier alpha value is -0.320. The second kappa shape index (κ2) is 11.3. The van der Waals surface area contributed by atoms with E-state index in [-0.39, 0.29) is 12.4 Å². The van der Waals surface area contributed by atoms with Gasteiger partial charge in [-0.05, 0) is 37.1 Å². The first-order valence-corrected chi connectivity index (χ1v) is 8.81. The average molecular weight is 361 g/mol. The van der Waals surface area contributed by atoms with Gasteiger partial charge in [0.25, 0.3) is 0 Å². The van der Waals surface area contributed by atoms with Crippen LogP contribution in [-0.2, 0) is 11.3 Å². The number of hydrogen-bond acceptors (Lipinski definition) is 3. The lowest BCUT2D eigenvalue weighted by Crippen LogP contribution is -3.00. The van der Waals surface area contributed by atoms with Crippen molar-refractivity contribution in [1.82, 2.24) is 4.90 Å². The lowest BCUT2D eigenvalue weighted by atomic mass is 9.94. The van der Waals surface area contributed by atoms with Crippen LogP contribution >= 0.6 is 11.6 Å². The van der Waals surface area contributed by atoms with E-state index in [4.69, 9.17) is 16.3 Å². The minimum atomic E-state index is -0.422. The molecule has 0 radical (unpaired) electrons. The summed E-state index contributed by atoms with van der Waals surface area (Å²) < 4.78 is 5.63. The van der Waals surface area contributed by atoms with E-state index in [9.17, 15) is 5.11 Å². The van der Waals surface area contributed by atoms with Crippen LogP contribution in [0, 0.1) is 0 Å². The number of hydrogen-bond donors (Lipinski definition) is 1. The van der Waals surface area contributed by atoms with Crippen molar-refractivity contribution in [2.45, 2.75) is 57.8 Å². The van der Waals surface area contributed by atoms with Gasteiger partial charge in [0.05, 0.1) is 19.3 Å². The molecule has 0 heterocycles. The van der Waals surface area contributed by atoms with Crippen LogP contribution in [0.25, 0.3) is 0 Å². The molecule has 0 saturated heterocycles. The van der Waals surface area contributed by atoms with Crippen molar-refractivity contribution in [3.8, 4) is 0 Å². The molecular weight excluding hydrogens is 333 g/mol. The quantitative estimate of drug-likeness (QED) is 0.746. The number of benzene rings is 1. The van der Waals surface area contributed by atoms with Crippen molar-refractivity contribution in [3.63, 3.8) is 0 Å². The van der Waals surface area contributed by atoms with Crippen molar-refractivity contribution in [1.29, 1.82) is 0 Å². The number of ether oxygens (including phenoxy) is 1. The molecule has 0 bridgehead atoms. The third-order valence-electron chi connectivity index (χ3n) is 4.43. The Balaban J connectivity index is 0.00000264. The van der Waals surface area contributed by atoms with Crippen LogP contribution in [-0.4, -0.2) is 41.8 Å². The zero-order valence-corrected chi connectivity index (χ0v) is 15.4. The van der Waals surface area contributed by atoms with Gasteiger partial charge in [-0.25, -0.2) is 0 Å². The number of rotatable bonds is 8. The maximum Gasteiger partial charge on any atom is 0.0900 e. The Kier molecular flexibility index (Phi) is 10.2. The Morgan fingerprint density at radius 2 is 1.87 bits per heavy atom. The van der Waals surface area contributed by atoms with Gasteiger partial charge in [-0.1, -0.05) is 49.9 Å². The van der Waals surface area contributed by atoms with Gasteiger partial charge in [0.2, 0.25) is 0 Å². The number of aliphatic hydroxyl groups is 1. The first kappa shape index (κ1) is 20.7. The summed E-state index contributed by atoms with van der Waals surface area (Å²) in [5.41, 5.74) is 1.08. The lowest BCUT2D eigenvalue weighted by Gasteiger charge is -2.34. The van der Waals surface area contributed by atoms with Gasteiger partial charge in [0.15, 0.2) is 0 Å². The minimum absolute atomic E-state index is 0. The van der Waals surface area contributed by atoms with Crippen molar-refractivity contribution >= 4 is 11.6 Å². The maximum atomic E-state index is 10.2. The minimum Gasteiger partial charge on any atom is -1.00 e. The van der Waals surface area contributed by atoms with Gasteiger partial charge in [0.1, 0.15) is 0 Å². The molecule has 0 aliphatic heterocycles. The fourth-order valence-corrected chi connectivity index (χ4v) is 3.33. The molecule has 1 aliphatic carbocycles. The predicted molar refractivity (Wildman–Crippen MR) is 91.2 cm³/mol. The molecule has 0 spiro atoms. The first-order chi connectivity index (χ1) is 10.7. The molecule has 23 heavy (non-hydrogen) atoms. The summed E-state index contributed by atoms with van der Waals surface area (Å²) in [5, 5.41) is 10.9. The second-order valence-corrected chi connectivity index (χ2v) is 6.61. The van der Waals surface area contributed by atoms with Gasteiger partial charge in [-0.15, -0.1) is 0 Å². The molecule has 0 amide bonds. The summed E-state index contributed by atoms with van der Waals surface area (Å²) in [7, 11) is 0. The van der Waals surface area contributed by atoms with Crippen LogP contribution in [0.4, 0.5) is 0 Å². The fourth-order valence-electron chi connectivity index (χ4n) is 3.20. The van der Waals surface area contributed by atoms with E-state index in [0.29, 0.717) is 25.8 Å². The molecular formula is C18H28Cl2NO2-. The third-order valence-corrected chi connectivity index (χ3v) is 4.69. The number of aliphatic hydroxyl groups excluding tert-OH is 1. The van der Waals surface area contributed by atoms with E-state index in [1.807, 2.05) is 24.3 Å². The summed E-state index contributed by atoms with van der Waals surface area (Å²) >= 11 is 5.86. The number of likely N-dealkylation sites (N-methyl/N-ethyl adjacent to an activating group) is 1. The SMILES string of the molecule is CCN(CC(O)COCc1ccc(Cl)cc1)C1CCCCC1.[Cl-]. The van der Waals surface area contributed by atoms with E-state index >= 15 is 0 Å². The molecule has 1 fully saturated rings. The van der Waals surface area contributed by atoms with Gasteiger partial charge >= 0.3 is 0 Å². The fraction of sp³-hybridized carbons (Fsp3) is 0.667. The summed E-state index contributed by atoms with van der Waals surface area (Å²) in [6.07, 6.45) is 6.13.